The van der Waals surface area contributed by atoms with Gasteiger partial charge < -0.3 is 19.3 Å². The van der Waals surface area contributed by atoms with Crippen LogP contribution in [0.1, 0.15) is 18.5 Å². The Hall–Kier alpha value is -3.69. The predicted molar refractivity (Wildman–Crippen MR) is 117 cm³/mol. The molecule has 3 heterocycles. The minimum absolute atomic E-state index is 0.182. The number of para-hydroxylation sites is 1. The molecule has 1 amide bonds. The van der Waals surface area contributed by atoms with Crippen molar-refractivity contribution >= 4 is 23.8 Å². The quantitative estimate of drug-likeness (QED) is 0.544. The number of rotatable bonds is 5. The lowest BCUT2D eigenvalue weighted by Gasteiger charge is -2.39. The first-order valence-corrected chi connectivity index (χ1v) is 10.6. The molecule has 2 aliphatic heterocycles. The van der Waals surface area contributed by atoms with E-state index in [0.717, 1.165) is 0 Å². The van der Waals surface area contributed by atoms with Crippen LogP contribution >= 0.6 is 0 Å². The van der Waals surface area contributed by atoms with Gasteiger partial charge in [-0.3, -0.25) is 14.9 Å². The molecule has 0 radical (unpaired) electrons. The van der Waals surface area contributed by atoms with Crippen LogP contribution in [0.5, 0.6) is 5.75 Å². The molecule has 1 fully saturated rings. The largest absolute Gasteiger partial charge is 0.496 e. The van der Waals surface area contributed by atoms with Crippen LogP contribution in [-0.2, 0) is 14.3 Å². The lowest BCUT2D eigenvalue weighted by Crippen LogP contribution is -2.57. The highest BCUT2D eigenvalue weighted by molar-refractivity contribution is 6.08. The van der Waals surface area contributed by atoms with Gasteiger partial charge in [-0.2, -0.15) is 0 Å². The standard InChI is InChI=1S/C22H26N6O4/c1-3-32-20(30)17-18(15-7-4-5-8-16(15)31-2)25-22(26-19(17)29)28-13-11-27(12-14-28)21-23-9-6-10-24-21/h4-10,17-18H,3,11-14H2,1-2H3,(H,25,26,29). The van der Waals surface area contributed by atoms with Crippen molar-refractivity contribution < 1.29 is 19.1 Å². The molecular formula is C22H26N6O4. The first-order valence-electron chi connectivity index (χ1n) is 10.6. The SMILES string of the molecule is CCOC(=O)C1C(=O)NC(N2CCN(c3ncccn3)CC2)=NC1c1ccccc1OC. The topological polar surface area (TPSA) is 109 Å². The molecule has 32 heavy (non-hydrogen) atoms. The predicted octanol–water partition coefficient (Wildman–Crippen LogP) is 1.01. The van der Waals surface area contributed by atoms with E-state index in [1.807, 2.05) is 23.1 Å². The molecule has 2 aliphatic rings. The Kier molecular flexibility index (Phi) is 6.48. The number of carbonyl (C=O) groups excluding carboxylic acids is 2. The molecule has 0 aliphatic carbocycles. The molecular weight excluding hydrogens is 412 g/mol. The smallest absolute Gasteiger partial charge is 0.321 e. The van der Waals surface area contributed by atoms with E-state index in [2.05, 4.69) is 20.2 Å². The first-order chi connectivity index (χ1) is 15.6. The Balaban J connectivity index is 1.60. The molecule has 2 unspecified atom stereocenters. The number of guanidine groups is 1. The summed E-state index contributed by atoms with van der Waals surface area (Å²) in [5, 5.41) is 2.81. The van der Waals surface area contributed by atoms with E-state index in [9.17, 15) is 9.59 Å². The second-order valence-corrected chi connectivity index (χ2v) is 7.38. The number of aliphatic imine (C=N–C) groups is 1. The molecule has 10 heteroatoms. The summed E-state index contributed by atoms with van der Waals surface area (Å²) >= 11 is 0. The number of benzene rings is 1. The Labute approximate surface area is 186 Å². The highest BCUT2D eigenvalue weighted by Crippen LogP contribution is 2.36. The summed E-state index contributed by atoms with van der Waals surface area (Å²) in [4.78, 5) is 43.2. The number of amides is 1. The van der Waals surface area contributed by atoms with Crippen molar-refractivity contribution in [3.05, 3.63) is 48.3 Å². The van der Waals surface area contributed by atoms with Crippen molar-refractivity contribution in [3.63, 3.8) is 0 Å². The van der Waals surface area contributed by atoms with E-state index in [1.165, 1.54) is 0 Å². The number of anilines is 1. The maximum Gasteiger partial charge on any atom is 0.321 e. The molecule has 2 aromatic rings. The van der Waals surface area contributed by atoms with Crippen molar-refractivity contribution in [2.75, 3.05) is 44.8 Å². The van der Waals surface area contributed by atoms with E-state index in [1.54, 1.807) is 38.6 Å². The fourth-order valence-electron chi connectivity index (χ4n) is 3.93. The summed E-state index contributed by atoms with van der Waals surface area (Å²) in [5.41, 5.74) is 0.664. The molecule has 168 valence electrons. The van der Waals surface area contributed by atoms with Crippen LogP contribution in [0.3, 0.4) is 0 Å². The number of ether oxygens (including phenoxy) is 2. The van der Waals surface area contributed by atoms with Gasteiger partial charge in [0, 0.05) is 44.1 Å². The summed E-state index contributed by atoms with van der Waals surface area (Å²) in [6.07, 6.45) is 3.43. The van der Waals surface area contributed by atoms with Crippen molar-refractivity contribution in [3.8, 4) is 5.75 Å². The molecule has 4 rings (SSSR count). The highest BCUT2D eigenvalue weighted by atomic mass is 16.5. The Morgan fingerprint density at radius 3 is 2.47 bits per heavy atom. The average molecular weight is 438 g/mol. The third-order valence-electron chi connectivity index (χ3n) is 5.51. The fourth-order valence-corrected chi connectivity index (χ4v) is 3.93. The Morgan fingerprint density at radius 1 is 1.09 bits per heavy atom. The fraction of sp³-hybridized carbons (Fsp3) is 0.409. The van der Waals surface area contributed by atoms with Gasteiger partial charge in [-0.05, 0) is 19.1 Å². The van der Waals surface area contributed by atoms with Gasteiger partial charge in [0.15, 0.2) is 5.92 Å². The van der Waals surface area contributed by atoms with Crippen LogP contribution in [-0.4, -0.2) is 72.6 Å². The highest BCUT2D eigenvalue weighted by Gasteiger charge is 2.43. The van der Waals surface area contributed by atoms with Gasteiger partial charge in [0.05, 0.1) is 13.7 Å². The van der Waals surface area contributed by atoms with Gasteiger partial charge in [-0.1, -0.05) is 18.2 Å². The minimum atomic E-state index is -1.09. The maximum atomic E-state index is 13.0. The second kappa shape index (κ2) is 9.63. The van der Waals surface area contributed by atoms with Crippen molar-refractivity contribution in [2.45, 2.75) is 13.0 Å². The molecule has 1 aromatic heterocycles. The lowest BCUT2D eigenvalue weighted by molar-refractivity contribution is -0.153. The number of methoxy groups -OCH3 is 1. The lowest BCUT2D eigenvalue weighted by atomic mass is 9.90. The summed E-state index contributed by atoms with van der Waals surface area (Å²) in [7, 11) is 1.55. The van der Waals surface area contributed by atoms with Gasteiger partial charge in [-0.25, -0.2) is 15.0 Å². The van der Waals surface area contributed by atoms with Gasteiger partial charge in [0.25, 0.3) is 0 Å². The molecule has 10 nitrogen and oxygen atoms in total. The van der Waals surface area contributed by atoms with E-state index in [-0.39, 0.29) is 6.61 Å². The molecule has 0 saturated carbocycles. The molecule has 1 aromatic carbocycles. The van der Waals surface area contributed by atoms with Crippen molar-refractivity contribution in [1.82, 2.24) is 20.2 Å². The van der Waals surface area contributed by atoms with Crippen LogP contribution < -0.4 is 15.0 Å². The number of nitrogens with one attached hydrogen (secondary N) is 1. The molecule has 0 spiro atoms. The summed E-state index contributed by atoms with van der Waals surface area (Å²) in [6.45, 7) is 4.50. The summed E-state index contributed by atoms with van der Waals surface area (Å²) in [5.74, 6) is -0.436. The van der Waals surface area contributed by atoms with Crippen LogP contribution in [0.15, 0.2) is 47.7 Å². The van der Waals surface area contributed by atoms with E-state index < -0.39 is 23.8 Å². The summed E-state index contributed by atoms with van der Waals surface area (Å²) < 4.78 is 10.7. The Morgan fingerprint density at radius 2 is 1.78 bits per heavy atom. The number of hydrogen-bond acceptors (Lipinski definition) is 9. The van der Waals surface area contributed by atoms with Gasteiger partial charge >= 0.3 is 5.97 Å². The molecule has 1 saturated heterocycles. The van der Waals surface area contributed by atoms with Crippen molar-refractivity contribution in [1.29, 1.82) is 0 Å². The van der Waals surface area contributed by atoms with Gasteiger partial charge in [0.1, 0.15) is 11.8 Å². The number of nitrogens with zero attached hydrogens (tertiary/aromatic N) is 5. The first kappa shape index (κ1) is 21.5. The number of aromatic nitrogens is 2. The second-order valence-electron chi connectivity index (χ2n) is 7.38. The van der Waals surface area contributed by atoms with E-state index >= 15 is 0 Å². The minimum Gasteiger partial charge on any atom is -0.496 e. The van der Waals surface area contributed by atoms with Crippen LogP contribution in [0.4, 0.5) is 5.95 Å². The van der Waals surface area contributed by atoms with Crippen molar-refractivity contribution in [2.24, 2.45) is 10.9 Å². The number of carbonyl (C=O) groups is 2. The normalized spacial score (nSPS) is 20.9. The zero-order valence-electron chi connectivity index (χ0n) is 18.1. The van der Waals surface area contributed by atoms with Gasteiger partial charge in [0.2, 0.25) is 17.8 Å². The van der Waals surface area contributed by atoms with E-state index in [4.69, 9.17) is 14.5 Å². The van der Waals surface area contributed by atoms with Gasteiger partial charge in [-0.15, -0.1) is 0 Å². The molecule has 0 bridgehead atoms. The molecule has 1 N–H and O–H groups in total. The average Bonchev–Trinajstić information content (AvgIpc) is 2.84. The van der Waals surface area contributed by atoms with Crippen LogP contribution in [0.25, 0.3) is 0 Å². The third kappa shape index (κ3) is 4.34. The maximum absolute atomic E-state index is 13.0. The molecule has 2 atom stereocenters. The zero-order valence-corrected chi connectivity index (χ0v) is 18.1. The Bertz CT molecular complexity index is 991. The van der Waals surface area contributed by atoms with E-state index in [0.29, 0.717) is 49.4 Å². The van der Waals surface area contributed by atoms with Crippen LogP contribution in [0.2, 0.25) is 0 Å². The number of esters is 1. The monoisotopic (exact) mass is 438 g/mol. The summed E-state index contributed by atoms with van der Waals surface area (Å²) in [6, 6.07) is 8.31. The third-order valence-corrected chi connectivity index (χ3v) is 5.51. The number of hydrogen-bond donors (Lipinski definition) is 1. The number of piperazine rings is 1. The van der Waals surface area contributed by atoms with Crippen LogP contribution in [0, 0.1) is 5.92 Å². The zero-order chi connectivity index (χ0) is 22.5.